The van der Waals surface area contributed by atoms with E-state index in [0.29, 0.717) is 11.4 Å². The minimum Gasteiger partial charge on any atom is -0.340 e. The summed E-state index contributed by atoms with van der Waals surface area (Å²) in [5.41, 5.74) is 3.25. The molecule has 120 valence electrons. The summed E-state index contributed by atoms with van der Waals surface area (Å²) in [7, 11) is 0. The molecular weight excluding hydrogens is 366 g/mol. The number of hydrogen-bond donors (Lipinski definition) is 2. The van der Waals surface area contributed by atoms with E-state index in [9.17, 15) is 4.79 Å². The summed E-state index contributed by atoms with van der Waals surface area (Å²) in [6, 6.07) is 18.9. The van der Waals surface area contributed by atoms with Gasteiger partial charge in [-0.1, -0.05) is 33.6 Å². The van der Waals surface area contributed by atoms with Crippen LogP contribution in [-0.2, 0) is 0 Å². The lowest BCUT2D eigenvalue weighted by atomic mass is 10.2. The number of carbonyl (C=O) groups is 1. The van der Waals surface area contributed by atoms with Crippen LogP contribution in [0.4, 0.5) is 17.2 Å². The van der Waals surface area contributed by atoms with Crippen molar-refractivity contribution in [1.82, 2.24) is 4.98 Å². The Labute approximate surface area is 149 Å². The van der Waals surface area contributed by atoms with Crippen molar-refractivity contribution in [3.63, 3.8) is 0 Å². The number of nitrogens with one attached hydrogen (secondary N) is 2. The normalized spacial score (nSPS) is 10.2. The molecule has 3 aromatic rings. The van der Waals surface area contributed by atoms with Gasteiger partial charge in [-0.2, -0.15) is 0 Å². The molecule has 0 bridgehead atoms. The standard InChI is InChI=1S/C19H16BrN3O/c1-13-4-8-16(9-5-13)23-19(24)17-3-2-12-21-18(17)22-15-10-6-14(20)7-11-15/h2-12H,1H3,(H,21,22)(H,23,24). The van der Waals surface area contributed by atoms with Crippen LogP contribution in [0, 0.1) is 6.92 Å². The predicted molar refractivity (Wildman–Crippen MR) is 101 cm³/mol. The molecular formula is C19H16BrN3O. The van der Waals surface area contributed by atoms with Gasteiger partial charge >= 0.3 is 0 Å². The van der Waals surface area contributed by atoms with Crippen LogP contribution < -0.4 is 10.6 Å². The van der Waals surface area contributed by atoms with Crippen LogP contribution in [-0.4, -0.2) is 10.9 Å². The van der Waals surface area contributed by atoms with Gasteiger partial charge in [-0.15, -0.1) is 0 Å². The van der Waals surface area contributed by atoms with Crippen LogP contribution in [0.3, 0.4) is 0 Å². The summed E-state index contributed by atoms with van der Waals surface area (Å²) in [6.45, 7) is 2.01. The van der Waals surface area contributed by atoms with E-state index >= 15 is 0 Å². The van der Waals surface area contributed by atoms with Crippen LogP contribution in [0.15, 0.2) is 71.3 Å². The molecule has 3 rings (SSSR count). The van der Waals surface area contributed by atoms with Gasteiger partial charge in [0, 0.05) is 22.0 Å². The van der Waals surface area contributed by atoms with E-state index in [0.717, 1.165) is 21.4 Å². The number of rotatable bonds is 4. The molecule has 0 saturated heterocycles. The highest BCUT2D eigenvalue weighted by atomic mass is 79.9. The Morgan fingerprint density at radius 2 is 1.62 bits per heavy atom. The monoisotopic (exact) mass is 381 g/mol. The molecule has 0 aliphatic carbocycles. The maximum Gasteiger partial charge on any atom is 0.259 e. The van der Waals surface area contributed by atoms with Gasteiger partial charge < -0.3 is 10.6 Å². The Bertz CT molecular complexity index is 845. The minimum atomic E-state index is -0.202. The van der Waals surface area contributed by atoms with Crippen molar-refractivity contribution in [2.24, 2.45) is 0 Å². The number of carbonyl (C=O) groups excluding carboxylic acids is 1. The van der Waals surface area contributed by atoms with Crippen molar-refractivity contribution in [2.75, 3.05) is 10.6 Å². The van der Waals surface area contributed by atoms with E-state index in [-0.39, 0.29) is 5.91 Å². The van der Waals surface area contributed by atoms with Crippen LogP contribution in [0.1, 0.15) is 15.9 Å². The lowest BCUT2D eigenvalue weighted by Crippen LogP contribution is -2.14. The number of halogens is 1. The molecule has 1 heterocycles. The zero-order valence-electron chi connectivity index (χ0n) is 13.1. The number of anilines is 3. The van der Waals surface area contributed by atoms with E-state index in [2.05, 4.69) is 31.5 Å². The number of aryl methyl sites for hydroxylation is 1. The lowest BCUT2D eigenvalue weighted by molar-refractivity contribution is 0.102. The van der Waals surface area contributed by atoms with Gasteiger partial charge in [-0.05, 0) is 55.5 Å². The summed E-state index contributed by atoms with van der Waals surface area (Å²) in [5.74, 6) is 0.316. The number of nitrogens with zero attached hydrogens (tertiary/aromatic N) is 1. The first-order chi connectivity index (χ1) is 11.6. The fourth-order valence-corrected chi connectivity index (χ4v) is 2.46. The van der Waals surface area contributed by atoms with Gasteiger partial charge in [0.25, 0.3) is 5.91 Å². The molecule has 24 heavy (non-hydrogen) atoms. The van der Waals surface area contributed by atoms with Gasteiger partial charge in [0.05, 0.1) is 5.56 Å². The van der Waals surface area contributed by atoms with Gasteiger partial charge in [0.1, 0.15) is 5.82 Å². The second-order valence-corrected chi connectivity index (χ2v) is 6.27. The molecule has 0 aliphatic rings. The van der Waals surface area contributed by atoms with Crippen LogP contribution in [0.5, 0.6) is 0 Å². The highest BCUT2D eigenvalue weighted by molar-refractivity contribution is 9.10. The first-order valence-corrected chi connectivity index (χ1v) is 8.27. The molecule has 0 atom stereocenters. The van der Waals surface area contributed by atoms with E-state index < -0.39 is 0 Å². The third-order valence-corrected chi connectivity index (χ3v) is 4.00. The highest BCUT2D eigenvalue weighted by Crippen LogP contribution is 2.21. The fraction of sp³-hybridized carbons (Fsp3) is 0.0526. The van der Waals surface area contributed by atoms with E-state index in [1.165, 1.54) is 0 Å². The predicted octanol–water partition coefficient (Wildman–Crippen LogP) is 5.15. The largest absolute Gasteiger partial charge is 0.340 e. The van der Waals surface area contributed by atoms with Crippen molar-refractivity contribution in [3.05, 3.63) is 82.5 Å². The van der Waals surface area contributed by atoms with Crippen molar-refractivity contribution in [1.29, 1.82) is 0 Å². The van der Waals surface area contributed by atoms with Crippen LogP contribution in [0.2, 0.25) is 0 Å². The number of hydrogen-bond acceptors (Lipinski definition) is 3. The number of benzene rings is 2. The minimum absolute atomic E-state index is 0.202. The summed E-state index contributed by atoms with van der Waals surface area (Å²) in [5, 5.41) is 6.08. The highest BCUT2D eigenvalue weighted by Gasteiger charge is 2.12. The summed E-state index contributed by atoms with van der Waals surface area (Å²) in [6.07, 6.45) is 1.66. The average molecular weight is 382 g/mol. The summed E-state index contributed by atoms with van der Waals surface area (Å²) in [4.78, 5) is 16.9. The molecule has 1 amide bonds. The molecule has 5 heteroatoms. The summed E-state index contributed by atoms with van der Waals surface area (Å²) < 4.78 is 0.992. The molecule has 0 radical (unpaired) electrons. The average Bonchev–Trinajstić information content (AvgIpc) is 2.59. The Morgan fingerprint density at radius 1 is 0.958 bits per heavy atom. The molecule has 2 aromatic carbocycles. The first kappa shape index (κ1) is 16.2. The molecule has 4 nitrogen and oxygen atoms in total. The van der Waals surface area contributed by atoms with Gasteiger partial charge in [0.2, 0.25) is 0 Å². The van der Waals surface area contributed by atoms with Crippen molar-refractivity contribution in [3.8, 4) is 0 Å². The molecule has 0 spiro atoms. The van der Waals surface area contributed by atoms with Gasteiger partial charge in [0.15, 0.2) is 0 Å². The zero-order valence-corrected chi connectivity index (χ0v) is 14.7. The van der Waals surface area contributed by atoms with Crippen LogP contribution >= 0.6 is 15.9 Å². The lowest BCUT2D eigenvalue weighted by Gasteiger charge is -2.11. The maximum absolute atomic E-state index is 12.6. The molecule has 0 aliphatic heterocycles. The molecule has 0 fully saturated rings. The molecule has 1 aromatic heterocycles. The maximum atomic E-state index is 12.6. The van der Waals surface area contributed by atoms with E-state index in [1.807, 2.05) is 55.5 Å². The first-order valence-electron chi connectivity index (χ1n) is 7.47. The zero-order chi connectivity index (χ0) is 16.9. The molecule has 2 N–H and O–H groups in total. The van der Waals surface area contributed by atoms with Gasteiger partial charge in [-0.3, -0.25) is 4.79 Å². The Balaban J connectivity index is 1.81. The molecule has 0 unspecified atom stereocenters. The Hall–Kier alpha value is -2.66. The Kier molecular flexibility index (Phi) is 4.91. The third-order valence-electron chi connectivity index (χ3n) is 3.47. The SMILES string of the molecule is Cc1ccc(NC(=O)c2cccnc2Nc2ccc(Br)cc2)cc1. The fourth-order valence-electron chi connectivity index (χ4n) is 2.19. The second-order valence-electron chi connectivity index (χ2n) is 5.35. The number of pyridine rings is 1. The topological polar surface area (TPSA) is 54.0 Å². The van der Waals surface area contributed by atoms with Crippen molar-refractivity contribution >= 4 is 39.0 Å². The third kappa shape index (κ3) is 4.00. The quantitative estimate of drug-likeness (QED) is 0.656. The van der Waals surface area contributed by atoms with E-state index in [1.54, 1.807) is 18.3 Å². The number of aromatic nitrogens is 1. The number of amides is 1. The van der Waals surface area contributed by atoms with E-state index in [4.69, 9.17) is 0 Å². The van der Waals surface area contributed by atoms with Crippen LogP contribution in [0.25, 0.3) is 0 Å². The van der Waals surface area contributed by atoms with Crippen molar-refractivity contribution < 1.29 is 4.79 Å². The summed E-state index contributed by atoms with van der Waals surface area (Å²) >= 11 is 3.40. The Morgan fingerprint density at radius 3 is 2.33 bits per heavy atom. The van der Waals surface area contributed by atoms with Crippen molar-refractivity contribution in [2.45, 2.75) is 6.92 Å². The van der Waals surface area contributed by atoms with Gasteiger partial charge in [-0.25, -0.2) is 4.98 Å². The smallest absolute Gasteiger partial charge is 0.259 e. The second kappa shape index (κ2) is 7.27. The molecule has 0 saturated carbocycles.